The summed E-state index contributed by atoms with van der Waals surface area (Å²) in [6.07, 6.45) is -0.326. The van der Waals surface area contributed by atoms with E-state index >= 15 is 0 Å². The van der Waals surface area contributed by atoms with Crippen molar-refractivity contribution >= 4 is 34.5 Å². The number of carbonyl (C=O) groups is 2. The van der Waals surface area contributed by atoms with Crippen molar-refractivity contribution in [2.45, 2.75) is 26.1 Å². The van der Waals surface area contributed by atoms with Crippen molar-refractivity contribution in [2.24, 2.45) is 5.73 Å². The molecule has 2 amide bonds. The molecule has 184 valence electrons. The van der Waals surface area contributed by atoms with Gasteiger partial charge < -0.3 is 20.7 Å². The van der Waals surface area contributed by atoms with Crippen LogP contribution in [0, 0.1) is 0 Å². The van der Waals surface area contributed by atoms with Gasteiger partial charge in [-0.25, -0.2) is 9.78 Å². The van der Waals surface area contributed by atoms with Crippen LogP contribution in [0.5, 0.6) is 0 Å². The molecule has 2 heterocycles. The minimum atomic E-state index is -0.623. The van der Waals surface area contributed by atoms with Gasteiger partial charge in [-0.2, -0.15) is 0 Å². The number of aromatic nitrogens is 1. The number of carbonyl (C=O) groups excluding carboxylic acids is 2. The van der Waals surface area contributed by atoms with Gasteiger partial charge in [0.2, 0.25) is 0 Å². The van der Waals surface area contributed by atoms with Crippen molar-refractivity contribution in [1.29, 1.82) is 0 Å². The molecule has 0 unspecified atom stereocenters. The Morgan fingerprint density at radius 2 is 1.94 bits per heavy atom. The zero-order valence-corrected chi connectivity index (χ0v) is 20.7. The second-order valence-corrected chi connectivity index (χ2v) is 8.98. The molecule has 35 heavy (non-hydrogen) atoms. The lowest BCUT2D eigenvalue weighted by atomic mass is 10.1. The molecule has 1 fully saturated rings. The van der Waals surface area contributed by atoms with Crippen molar-refractivity contribution in [3.8, 4) is 11.3 Å². The van der Waals surface area contributed by atoms with E-state index in [-0.39, 0.29) is 12.5 Å². The van der Waals surface area contributed by atoms with Gasteiger partial charge in [-0.3, -0.25) is 9.69 Å². The lowest BCUT2D eigenvalue weighted by Crippen LogP contribution is -2.60. The first-order valence-electron chi connectivity index (χ1n) is 11.7. The molecule has 1 aliphatic heterocycles. The minimum absolute atomic E-state index is 0.163. The predicted molar refractivity (Wildman–Crippen MR) is 137 cm³/mol. The number of rotatable bonds is 6. The standard InChI is InChI=1S/C26H30ClN5O3/c1-3-12-35-26(34)32-11-10-31(16-24(32)28)25(33)19-8-9-20-21(27)14-22(30-23(20)13-19)18-6-4-17(5-7-18)15-29-2/h4-9,13-14,24,29H,3,10-12,15-16,28H2,1-2H3/t24-/m0/s1. The first-order valence-corrected chi connectivity index (χ1v) is 12.1. The average molecular weight is 496 g/mol. The number of piperazine rings is 1. The molecule has 1 atom stereocenters. The van der Waals surface area contributed by atoms with Crippen LogP contribution in [0.1, 0.15) is 29.3 Å². The van der Waals surface area contributed by atoms with E-state index in [4.69, 9.17) is 27.1 Å². The van der Waals surface area contributed by atoms with E-state index in [1.807, 2.05) is 50.4 Å². The second-order valence-electron chi connectivity index (χ2n) is 8.57. The van der Waals surface area contributed by atoms with Gasteiger partial charge >= 0.3 is 6.09 Å². The molecule has 0 saturated carbocycles. The molecule has 0 radical (unpaired) electrons. The fourth-order valence-electron chi connectivity index (χ4n) is 4.14. The van der Waals surface area contributed by atoms with Crippen LogP contribution < -0.4 is 11.1 Å². The summed E-state index contributed by atoms with van der Waals surface area (Å²) in [5, 5.41) is 4.48. The molecule has 1 saturated heterocycles. The third kappa shape index (κ3) is 5.56. The van der Waals surface area contributed by atoms with Gasteiger partial charge in [-0.05, 0) is 37.2 Å². The molecular formula is C26H30ClN5O3. The zero-order valence-electron chi connectivity index (χ0n) is 20.0. The van der Waals surface area contributed by atoms with Crippen molar-refractivity contribution in [3.63, 3.8) is 0 Å². The Morgan fingerprint density at radius 3 is 2.63 bits per heavy atom. The Labute approximate surface area is 210 Å². The number of amides is 2. The predicted octanol–water partition coefficient (Wildman–Crippen LogP) is 3.86. The van der Waals surface area contributed by atoms with Crippen LogP contribution >= 0.6 is 11.6 Å². The first kappa shape index (κ1) is 24.9. The van der Waals surface area contributed by atoms with Crippen molar-refractivity contribution < 1.29 is 14.3 Å². The molecule has 0 aliphatic carbocycles. The Morgan fingerprint density at radius 1 is 1.17 bits per heavy atom. The number of hydrogen-bond acceptors (Lipinski definition) is 6. The monoisotopic (exact) mass is 495 g/mol. The smallest absolute Gasteiger partial charge is 0.411 e. The summed E-state index contributed by atoms with van der Waals surface area (Å²) in [5.74, 6) is -0.163. The van der Waals surface area contributed by atoms with Gasteiger partial charge in [0.15, 0.2) is 0 Å². The fourth-order valence-corrected chi connectivity index (χ4v) is 4.40. The third-order valence-electron chi connectivity index (χ3n) is 6.01. The number of nitrogens with zero attached hydrogens (tertiary/aromatic N) is 3. The number of benzene rings is 2. The quantitative estimate of drug-likeness (QED) is 0.538. The van der Waals surface area contributed by atoms with Crippen LogP contribution in [0.2, 0.25) is 5.02 Å². The highest BCUT2D eigenvalue weighted by atomic mass is 35.5. The lowest BCUT2D eigenvalue weighted by Gasteiger charge is -2.38. The number of hydrogen-bond donors (Lipinski definition) is 2. The van der Waals surface area contributed by atoms with Crippen LogP contribution in [0.3, 0.4) is 0 Å². The molecule has 3 aromatic rings. The van der Waals surface area contributed by atoms with Crippen LogP contribution in [0.4, 0.5) is 4.79 Å². The van der Waals surface area contributed by atoms with Crippen molar-refractivity contribution in [3.05, 3.63) is 64.7 Å². The van der Waals surface area contributed by atoms with Gasteiger partial charge in [0.1, 0.15) is 6.17 Å². The SMILES string of the molecule is CCCOC(=O)N1CCN(C(=O)c2ccc3c(Cl)cc(-c4ccc(CNC)cc4)nc3c2)C[C@H]1N. The third-order valence-corrected chi connectivity index (χ3v) is 6.32. The number of ether oxygens (including phenoxy) is 1. The number of pyridine rings is 1. The maximum Gasteiger partial charge on any atom is 0.411 e. The highest BCUT2D eigenvalue weighted by Crippen LogP contribution is 2.29. The molecule has 0 spiro atoms. The van der Waals surface area contributed by atoms with Crippen LogP contribution in [0.15, 0.2) is 48.5 Å². The molecule has 1 aliphatic rings. The van der Waals surface area contributed by atoms with Crippen LogP contribution in [-0.4, -0.2) is 66.2 Å². The summed E-state index contributed by atoms with van der Waals surface area (Å²) in [6.45, 7) is 3.99. The number of fused-ring (bicyclic) bond motifs is 1. The van der Waals surface area contributed by atoms with Crippen LogP contribution in [0.25, 0.3) is 22.2 Å². The summed E-state index contributed by atoms with van der Waals surface area (Å²) in [6, 6.07) is 15.3. The maximum atomic E-state index is 13.2. The van der Waals surface area contributed by atoms with Gasteiger partial charge in [-0.15, -0.1) is 0 Å². The number of nitrogens with one attached hydrogen (secondary N) is 1. The second kappa shape index (κ2) is 11.0. The molecule has 8 nitrogen and oxygen atoms in total. The molecule has 3 N–H and O–H groups in total. The average Bonchev–Trinajstić information content (AvgIpc) is 2.87. The normalized spacial score (nSPS) is 15.9. The zero-order chi connectivity index (χ0) is 24.9. The van der Waals surface area contributed by atoms with Crippen molar-refractivity contribution in [2.75, 3.05) is 33.3 Å². The Kier molecular flexibility index (Phi) is 7.85. The van der Waals surface area contributed by atoms with E-state index in [0.29, 0.717) is 35.8 Å². The highest BCUT2D eigenvalue weighted by Gasteiger charge is 2.31. The molecular weight excluding hydrogens is 466 g/mol. The maximum absolute atomic E-state index is 13.2. The largest absolute Gasteiger partial charge is 0.449 e. The summed E-state index contributed by atoms with van der Waals surface area (Å²) in [7, 11) is 1.91. The van der Waals surface area contributed by atoms with Crippen LogP contribution in [-0.2, 0) is 11.3 Å². The van der Waals surface area contributed by atoms with Gasteiger partial charge in [-0.1, -0.05) is 48.9 Å². The fraction of sp³-hybridized carbons (Fsp3) is 0.346. The highest BCUT2D eigenvalue weighted by molar-refractivity contribution is 6.35. The molecule has 9 heteroatoms. The molecule has 1 aromatic heterocycles. The first-order chi connectivity index (χ1) is 16.9. The topological polar surface area (TPSA) is 101 Å². The van der Waals surface area contributed by atoms with Gasteiger partial charge in [0.25, 0.3) is 5.91 Å². The van der Waals surface area contributed by atoms with Crippen molar-refractivity contribution in [1.82, 2.24) is 20.1 Å². The molecule has 2 aromatic carbocycles. The molecule has 4 rings (SSSR count). The Hall–Kier alpha value is -3.20. The van der Waals surface area contributed by atoms with E-state index in [1.165, 1.54) is 10.5 Å². The van der Waals surface area contributed by atoms with E-state index in [9.17, 15) is 9.59 Å². The van der Waals surface area contributed by atoms with E-state index in [1.54, 1.807) is 17.0 Å². The summed E-state index contributed by atoms with van der Waals surface area (Å²) in [5.41, 5.74) is 10.2. The Balaban J connectivity index is 1.54. The summed E-state index contributed by atoms with van der Waals surface area (Å²) < 4.78 is 5.19. The van der Waals surface area contributed by atoms with E-state index < -0.39 is 12.3 Å². The van der Waals surface area contributed by atoms with E-state index in [2.05, 4.69) is 5.32 Å². The summed E-state index contributed by atoms with van der Waals surface area (Å²) in [4.78, 5) is 33.3. The minimum Gasteiger partial charge on any atom is -0.449 e. The van der Waals surface area contributed by atoms with Gasteiger partial charge in [0, 0.05) is 36.1 Å². The Bertz CT molecular complexity index is 1220. The van der Waals surface area contributed by atoms with E-state index in [0.717, 1.165) is 29.6 Å². The summed E-state index contributed by atoms with van der Waals surface area (Å²) >= 11 is 6.56. The number of nitrogens with two attached hydrogens (primary N) is 1. The van der Waals surface area contributed by atoms with Gasteiger partial charge in [0.05, 0.1) is 29.4 Å². The number of halogens is 1. The lowest BCUT2D eigenvalue weighted by molar-refractivity contribution is 0.0390. The molecule has 0 bridgehead atoms.